The number of benzene rings is 3. The molecule has 3 aromatic carbocycles. The van der Waals surface area contributed by atoms with Gasteiger partial charge in [-0.1, -0.05) is 60.2 Å². The Labute approximate surface area is 211 Å². The van der Waals surface area contributed by atoms with Crippen molar-refractivity contribution in [3.05, 3.63) is 93.8 Å². The summed E-state index contributed by atoms with van der Waals surface area (Å²) in [6.07, 6.45) is 0.907. The van der Waals surface area contributed by atoms with Gasteiger partial charge in [-0.3, -0.25) is 4.90 Å². The third-order valence-electron chi connectivity index (χ3n) is 6.76. The fourth-order valence-electron chi connectivity index (χ4n) is 4.88. The summed E-state index contributed by atoms with van der Waals surface area (Å²) in [4.78, 5) is 2.44. The van der Waals surface area contributed by atoms with E-state index >= 15 is 0 Å². The van der Waals surface area contributed by atoms with E-state index in [9.17, 15) is 0 Å². The number of aromatic nitrogens is 3. The highest BCUT2D eigenvalue weighted by Gasteiger charge is 2.31. The van der Waals surface area contributed by atoms with Crippen molar-refractivity contribution in [2.45, 2.75) is 26.1 Å². The first-order chi connectivity index (χ1) is 17.0. The van der Waals surface area contributed by atoms with Crippen LogP contribution in [-0.4, -0.2) is 40.0 Å². The molecule has 0 radical (unpaired) electrons. The second kappa shape index (κ2) is 9.68. The van der Waals surface area contributed by atoms with Gasteiger partial charge >= 0.3 is 0 Å². The predicted octanol–water partition coefficient (Wildman–Crippen LogP) is 5.55. The number of ether oxygens (including phenoxy) is 2. The summed E-state index contributed by atoms with van der Waals surface area (Å²) in [7, 11) is 5.35. The lowest BCUT2D eigenvalue weighted by Gasteiger charge is -2.37. The number of aryl methyl sites for hydroxylation is 1. The fraction of sp³-hybridized carbons (Fsp3) is 0.286. The Morgan fingerprint density at radius 3 is 2.34 bits per heavy atom. The molecule has 0 aliphatic carbocycles. The quantitative estimate of drug-likeness (QED) is 0.335. The summed E-state index contributed by atoms with van der Waals surface area (Å²) < 4.78 is 15.9. The zero-order valence-electron chi connectivity index (χ0n) is 20.6. The molecule has 5 rings (SSSR count). The summed E-state index contributed by atoms with van der Waals surface area (Å²) in [6, 6.07) is 23.3. The average Bonchev–Trinajstić information content (AvgIpc) is 3.17. The highest BCUT2D eigenvalue weighted by atomic mass is 32.1. The molecule has 0 saturated heterocycles. The van der Waals surface area contributed by atoms with Crippen LogP contribution in [0.2, 0.25) is 0 Å². The molecule has 1 aliphatic heterocycles. The van der Waals surface area contributed by atoms with E-state index < -0.39 is 0 Å². The van der Waals surface area contributed by atoms with Gasteiger partial charge in [0.25, 0.3) is 0 Å². The third kappa shape index (κ3) is 4.37. The summed E-state index contributed by atoms with van der Waals surface area (Å²) >= 11 is 5.81. The molecule has 1 unspecified atom stereocenters. The van der Waals surface area contributed by atoms with Gasteiger partial charge in [-0.2, -0.15) is 5.10 Å². The topological polar surface area (TPSA) is 44.5 Å². The van der Waals surface area contributed by atoms with Gasteiger partial charge in [0, 0.05) is 19.2 Å². The molecule has 7 heteroatoms. The number of methoxy groups -OCH3 is 2. The molecule has 6 nitrogen and oxygen atoms in total. The van der Waals surface area contributed by atoms with Crippen molar-refractivity contribution < 1.29 is 9.47 Å². The Hall–Kier alpha value is -3.42. The Balaban J connectivity index is 1.56. The SMILES string of the molecule is COc1cc2c(cc1OC)C(c1ccccc1)N(Cn1nc(-c3ccc(C)cc3)n(C)c1=S)CC2. The molecular formula is C28H30N4O2S. The Morgan fingerprint density at radius 2 is 1.66 bits per heavy atom. The zero-order chi connectivity index (χ0) is 24.5. The third-order valence-corrected chi connectivity index (χ3v) is 7.24. The number of fused-ring (bicyclic) bond motifs is 1. The van der Waals surface area contributed by atoms with Gasteiger partial charge in [-0.25, -0.2) is 4.68 Å². The number of rotatable bonds is 6. The first-order valence-corrected chi connectivity index (χ1v) is 12.2. The van der Waals surface area contributed by atoms with Crippen LogP contribution in [0.25, 0.3) is 11.4 Å². The van der Waals surface area contributed by atoms with E-state index in [1.54, 1.807) is 14.2 Å². The molecule has 0 bridgehead atoms. The first-order valence-electron chi connectivity index (χ1n) is 11.7. The van der Waals surface area contributed by atoms with Gasteiger partial charge in [0.2, 0.25) is 0 Å². The van der Waals surface area contributed by atoms with Gasteiger partial charge < -0.3 is 14.0 Å². The Bertz CT molecular complexity index is 1390. The summed E-state index contributed by atoms with van der Waals surface area (Å²) in [5.74, 6) is 2.38. The van der Waals surface area contributed by atoms with Crippen LogP contribution in [0.3, 0.4) is 0 Å². The fourth-order valence-corrected chi connectivity index (χ4v) is 5.07. The standard InChI is InChI=1S/C28H30N4O2S/c1-19-10-12-21(13-11-19)27-29-32(28(35)30(27)2)18-31-15-14-22-16-24(33-3)25(34-4)17-23(22)26(31)20-8-6-5-7-9-20/h5-13,16-17,26H,14-15,18H2,1-4H3. The van der Waals surface area contributed by atoms with Crippen LogP contribution in [0.15, 0.2) is 66.7 Å². The molecule has 35 heavy (non-hydrogen) atoms. The van der Waals surface area contributed by atoms with Crippen LogP contribution >= 0.6 is 12.2 Å². The molecule has 0 amide bonds. The predicted molar refractivity (Wildman–Crippen MR) is 140 cm³/mol. The highest BCUT2D eigenvalue weighted by molar-refractivity contribution is 7.71. The lowest BCUT2D eigenvalue weighted by molar-refractivity contribution is 0.154. The molecule has 0 spiro atoms. The Morgan fingerprint density at radius 1 is 0.971 bits per heavy atom. The smallest absolute Gasteiger partial charge is 0.199 e. The van der Waals surface area contributed by atoms with Crippen molar-refractivity contribution in [2.75, 3.05) is 20.8 Å². The van der Waals surface area contributed by atoms with Gasteiger partial charge in [-0.05, 0) is 54.4 Å². The second-order valence-electron chi connectivity index (χ2n) is 8.95. The number of hydrogen-bond donors (Lipinski definition) is 0. The van der Waals surface area contributed by atoms with Crippen molar-refractivity contribution in [3.8, 4) is 22.9 Å². The molecule has 0 N–H and O–H groups in total. The minimum Gasteiger partial charge on any atom is -0.493 e. The van der Waals surface area contributed by atoms with Crippen molar-refractivity contribution in [3.63, 3.8) is 0 Å². The lowest BCUT2D eigenvalue weighted by atomic mass is 9.88. The minimum absolute atomic E-state index is 0.0477. The van der Waals surface area contributed by atoms with E-state index in [0.29, 0.717) is 11.4 Å². The number of nitrogens with zero attached hydrogens (tertiary/aromatic N) is 4. The first kappa shape index (κ1) is 23.3. The number of hydrogen-bond acceptors (Lipinski definition) is 5. The van der Waals surface area contributed by atoms with E-state index in [-0.39, 0.29) is 6.04 Å². The van der Waals surface area contributed by atoms with E-state index in [1.807, 2.05) is 16.3 Å². The van der Waals surface area contributed by atoms with Crippen LogP contribution in [0.1, 0.15) is 28.3 Å². The van der Waals surface area contributed by atoms with Crippen LogP contribution in [0.4, 0.5) is 0 Å². The van der Waals surface area contributed by atoms with Crippen molar-refractivity contribution in [2.24, 2.45) is 7.05 Å². The molecule has 1 aliphatic rings. The molecule has 0 saturated carbocycles. The van der Waals surface area contributed by atoms with E-state index in [1.165, 1.54) is 22.3 Å². The average molecular weight is 487 g/mol. The molecule has 1 atom stereocenters. The Kier molecular flexibility index (Phi) is 6.45. The molecule has 180 valence electrons. The van der Waals surface area contributed by atoms with Crippen LogP contribution in [0, 0.1) is 11.7 Å². The largest absolute Gasteiger partial charge is 0.493 e. The molecule has 0 fully saturated rings. The summed E-state index contributed by atoms with van der Waals surface area (Å²) in [5.41, 5.74) is 6.00. The maximum atomic E-state index is 5.81. The van der Waals surface area contributed by atoms with E-state index in [0.717, 1.165) is 35.9 Å². The summed E-state index contributed by atoms with van der Waals surface area (Å²) in [5, 5.41) is 4.94. The van der Waals surface area contributed by atoms with E-state index in [4.69, 9.17) is 26.8 Å². The van der Waals surface area contributed by atoms with Gasteiger partial charge in [-0.15, -0.1) is 0 Å². The van der Waals surface area contributed by atoms with Crippen LogP contribution < -0.4 is 9.47 Å². The summed E-state index contributed by atoms with van der Waals surface area (Å²) in [6.45, 7) is 3.55. The minimum atomic E-state index is 0.0477. The van der Waals surface area contributed by atoms with Crippen LogP contribution in [-0.2, 0) is 20.1 Å². The van der Waals surface area contributed by atoms with Gasteiger partial charge in [0.05, 0.1) is 26.9 Å². The molecule has 2 heterocycles. The van der Waals surface area contributed by atoms with Crippen molar-refractivity contribution >= 4 is 12.2 Å². The zero-order valence-corrected chi connectivity index (χ0v) is 21.4. The van der Waals surface area contributed by atoms with E-state index in [2.05, 4.69) is 78.6 Å². The lowest BCUT2D eigenvalue weighted by Crippen LogP contribution is -2.37. The van der Waals surface area contributed by atoms with Crippen molar-refractivity contribution in [1.29, 1.82) is 0 Å². The molecule has 4 aromatic rings. The molecular weight excluding hydrogens is 456 g/mol. The van der Waals surface area contributed by atoms with Crippen LogP contribution in [0.5, 0.6) is 11.5 Å². The molecule has 1 aromatic heterocycles. The van der Waals surface area contributed by atoms with Gasteiger partial charge in [0.15, 0.2) is 22.1 Å². The monoisotopic (exact) mass is 486 g/mol. The normalized spacial score (nSPS) is 15.6. The van der Waals surface area contributed by atoms with Gasteiger partial charge in [0.1, 0.15) is 0 Å². The maximum Gasteiger partial charge on any atom is 0.199 e. The second-order valence-corrected chi connectivity index (χ2v) is 9.32. The van der Waals surface area contributed by atoms with Crippen molar-refractivity contribution in [1.82, 2.24) is 19.2 Å². The maximum absolute atomic E-state index is 5.81. The highest BCUT2D eigenvalue weighted by Crippen LogP contribution is 2.41.